The Hall–Kier alpha value is -2.86. The molecule has 0 aliphatic rings. The molecule has 0 saturated carbocycles. The fourth-order valence-corrected chi connectivity index (χ4v) is 2.53. The Labute approximate surface area is 131 Å². The van der Waals surface area contributed by atoms with Crippen molar-refractivity contribution >= 4 is 28.0 Å². The van der Waals surface area contributed by atoms with Gasteiger partial charge >= 0.3 is 0 Å². The molecule has 0 radical (unpaired) electrons. The van der Waals surface area contributed by atoms with Crippen LogP contribution in [-0.4, -0.2) is 4.98 Å². The zero-order valence-electron chi connectivity index (χ0n) is 13.4. The number of para-hydroxylation sites is 1. The van der Waals surface area contributed by atoms with E-state index in [0.717, 1.165) is 39.8 Å². The first-order valence-electron chi connectivity index (χ1n) is 7.90. The second-order valence-corrected chi connectivity index (χ2v) is 5.11. The van der Waals surface area contributed by atoms with Gasteiger partial charge in [0.1, 0.15) is 0 Å². The molecule has 0 bridgehead atoms. The number of nitrogens with zero attached hydrogens (tertiary/aromatic N) is 2. The minimum absolute atomic E-state index is 0.243. The summed E-state index contributed by atoms with van der Waals surface area (Å²) in [5.41, 5.74) is 5.16. The van der Waals surface area contributed by atoms with Crippen LogP contribution in [0.15, 0.2) is 48.7 Å². The molecule has 22 heavy (non-hydrogen) atoms. The Morgan fingerprint density at radius 1 is 1.27 bits per heavy atom. The highest BCUT2D eigenvalue weighted by atomic mass is 14.9. The number of aryl methyl sites for hydroxylation is 2. The SMILES string of the molecule is [2H]Cc1cc2ncc([N+]#[C-])c(Nc3ccccc3)c2cc1CC. The molecule has 2 aromatic carbocycles. The van der Waals surface area contributed by atoms with Crippen molar-refractivity contribution in [3.63, 3.8) is 0 Å². The zero-order chi connectivity index (χ0) is 16.2. The summed E-state index contributed by atoms with van der Waals surface area (Å²) in [6.45, 7) is 9.74. The lowest BCUT2D eigenvalue weighted by Gasteiger charge is -2.14. The summed E-state index contributed by atoms with van der Waals surface area (Å²) in [7, 11) is 0. The van der Waals surface area contributed by atoms with E-state index in [2.05, 4.69) is 28.1 Å². The van der Waals surface area contributed by atoms with Gasteiger partial charge in [0, 0.05) is 18.6 Å². The number of rotatable bonds is 3. The standard InChI is InChI=1S/C19H17N3/c1-4-14-11-16-17(10-13(14)2)21-12-18(20-3)19(16)22-15-8-6-5-7-9-15/h5-12H,4H2,1-2H3,(H,21,22)/i2D. The van der Waals surface area contributed by atoms with Crippen LogP contribution in [-0.2, 0) is 6.42 Å². The molecule has 1 heterocycles. The number of aromatic nitrogens is 1. The Morgan fingerprint density at radius 3 is 2.77 bits per heavy atom. The van der Waals surface area contributed by atoms with Gasteiger partial charge in [-0.05, 0) is 48.7 Å². The lowest BCUT2D eigenvalue weighted by Crippen LogP contribution is -1.95. The molecule has 3 rings (SSSR count). The first kappa shape index (κ1) is 12.8. The van der Waals surface area contributed by atoms with Gasteiger partial charge in [0.25, 0.3) is 0 Å². The van der Waals surface area contributed by atoms with Crippen LogP contribution >= 0.6 is 0 Å². The van der Waals surface area contributed by atoms with Crippen LogP contribution in [0.2, 0.25) is 0 Å². The third-order valence-corrected chi connectivity index (χ3v) is 3.71. The van der Waals surface area contributed by atoms with E-state index in [-0.39, 0.29) is 6.90 Å². The smallest absolute Gasteiger partial charge is 0.228 e. The Balaban J connectivity index is 2.22. The topological polar surface area (TPSA) is 29.3 Å². The third kappa shape index (κ3) is 2.51. The van der Waals surface area contributed by atoms with Crippen LogP contribution in [0, 0.1) is 13.5 Å². The van der Waals surface area contributed by atoms with Crippen molar-refractivity contribution in [3.05, 3.63) is 71.2 Å². The molecule has 108 valence electrons. The second-order valence-electron chi connectivity index (χ2n) is 5.11. The quantitative estimate of drug-likeness (QED) is 0.654. The van der Waals surface area contributed by atoms with Gasteiger partial charge < -0.3 is 5.32 Å². The van der Waals surface area contributed by atoms with E-state index in [1.165, 1.54) is 0 Å². The van der Waals surface area contributed by atoms with Crippen LogP contribution < -0.4 is 5.32 Å². The third-order valence-electron chi connectivity index (χ3n) is 3.71. The Morgan fingerprint density at radius 2 is 2.09 bits per heavy atom. The van der Waals surface area contributed by atoms with Crippen LogP contribution in [0.4, 0.5) is 17.1 Å². The summed E-state index contributed by atoms with van der Waals surface area (Å²) in [6.07, 6.45) is 2.46. The molecule has 3 aromatic rings. The van der Waals surface area contributed by atoms with Crippen LogP contribution in [0.25, 0.3) is 15.7 Å². The Bertz CT molecular complexity index is 882. The van der Waals surface area contributed by atoms with Gasteiger partial charge in [0.05, 0.1) is 17.8 Å². The first-order chi connectivity index (χ1) is 11.3. The maximum Gasteiger partial charge on any atom is 0.228 e. The summed E-state index contributed by atoms with van der Waals surface area (Å²) in [5.74, 6) is 0. The van der Waals surface area contributed by atoms with Crippen molar-refractivity contribution in [1.82, 2.24) is 4.98 Å². The number of hydrogen-bond acceptors (Lipinski definition) is 2. The van der Waals surface area contributed by atoms with E-state index in [1.807, 2.05) is 36.4 Å². The van der Waals surface area contributed by atoms with E-state index in [4.69, 9.17) is 7.94 Å². The van der Waals surface area contributed by atoms with E-state index >= 15 is 0 Å². The van der Waals surface area contributed by atoms with E-state index in [1.54, 1.807) is 6.20 Å². The largest absolute Gasteiger partial charge is 0.364 e. The van der Waals surface area contributed by atoms with Crippen molar-refractivity contribution in [3.8, 4) is 0 Å². The number of pyridine rings is 1. The van der Waals surface area contributed by atoms with Crippen molar-refractivity contribution in [2.45, 2.75) is 20.2 Å². The first-order valence-corrected chi connectivity index (χ1v) is 7.20. The molecule has 0 aliphatic carbocycles. The molecule has 0 atom stereocenters. The predicted octanol–water partition coefficient (Wildman–Crippen LogP) is 5.40. The molecule has 0 aliphatic heterocycles. The van der Waals surface area contributed by atoms with Crippen LogP contribution in [0.5, 0.6) is 0 Å². The van der Waals surface area contributed by atoms with Gasteiger partial charge in [-0.3, -0.25) is 4.98 Å². The average Bonchev–Trinajstić information content (AvgIpc) is 2.61. The van der Waals surface area contributed by atoms with E-state index in [0.29, 0.717) is 5.69 Å². The normalized spacial score (nSPS) is 11.0. The average molecular weight is 288 g/mol. The van der Waals surface area contributed by atoms with Crippen molar-refractivity contribution < 1.29 is 1.37 Å². The maximum absolute atomic E-state index is 7.68. The summed E-state index contributed by atoms with van der Waals surface area (Å²) >= 11 is 0. The number of hydrogen-bond donors (Lipinski definition) is 1. The molecule has 0 amide bonds. The minimum Gasteiger partial charge on any atom is -0.364 e. The van der Waals surface area contributed by atoms with Gasteiger partial charge in [-0.2, -0.15) is 0 Å². The lowest BCUT2D eigenvalue weighted by atomic mass is 10.0. The maximum atomic E-state index is 7.68. The fraction of sp³-hybridized carbons (Fsp3) is 0.158. The predicted molar refractivity (Wildman–Crippen MR) is 91.8 cm³/mol. The van der Waals surface area contributed by atoms with Gasteiger partial charge in [-0.15, -0.1) is 0 Å². The molecule has 0 spiro atoms. The molecule has 3 nitrogen and oxygen atoms in total. The van der Waals surface area contributed by atoms with Gasteiger partial charge in [-0.1, -0.05) is 25.1 Å². The molecule has 0 saturated heterocycles. The molecule has 1 aromatic heterocycles. The summed E-state index contributed by atoms with van der Waals surface area (Å²) in [5, 5.41) is 4.28. The summed E-state index contributed by atoms with van der Waals surface area (Å²) in [4.78, 5) is 8.00. The van der Waals surface area contributed by atoms with E-state index in [9.17, 15) is 0 Å². The number of fused-ring (bicyclic) bond motifs is 1. The Kier molecular flexibility index (Phi) is 3.43. The monoisotopic (exact) mass is 288 g/mol. The van der Waals surface area contributed by atoms with E-state index < -0.39 is 0 Å². The van der Waals surface area contributed by atoms with Crippen molar-refractivity contribution in [2.24, 2.45) is 0 Å². The molecular formula is C19H17N3. The lowest BCUT2D eigenvalue weighted by molar-refractivity contribution is 1.11. The minimum atomic E-state index is 0.243. The molecular weight excluding hydrogens is 270 g/mol. The van der Waals surface area contributed by atoms with Crippen molar-refractivity contribution in [2.75, 3.05) is 5.32 Å². The molecule has 1 N–H and O–H groups in total. The summed E-state index contributed by atoms with van der Waals surface area (Å²) in [6, 6.07) is 13.8. The molecule has 0 unspecified atom stereocenters. The molecule has 0 fully saturated rings. The highest BCUT2D eigenvalue weighted by Gasteiger charge is 2.11. The zero-order valence-corrected chi connectivity index (χ0v) is 12.4. The number of nitrogens with one attached hydrogen (secondary N) is 1. The summed E-state index contributed by atoms with van der Waals surface area (Å²) < 4.78 is 7.68. The van der Waals surface area contributed by atoms with Gasteiger partial charge in [-0.25, -0.2) is 4.85 Å². The van der Waals surface area contributed by atoms with Gasteiger partial charge in [0.15, 0.2) is 0 Å². The fourth-order valence-electron chi connectivity index (χ4n) is 2.53. The highest BCUT2D eigenvalue weighted by molar-refractivity contribution is 6.00. The highest BCUT2D eigenvalue weighted by Crippen LogP contribution is 2.35. The van der Waals surface area contributed by atoms with Crippen LogP contribution in [0.1, 0.15) is 19.4 Å². The van der Waals surface area contributed by atoms with Gasteiger partial charge in [0.2, 0.25) is 5.69 Å². The van der Waals surface area contributed by atoms with Crippen molar-refractivity contribution in [1.29, 1.82) is 0 Å². The van der Waals surface area contributed by atoms with Crippen LogP contribution in [0.3, 0.4) is 0 Å². The molecule has 3 heteroatoms. The number of benzene rings is 2. The number of anilines is 2. The second kappa shape index (κ2) is 5.87.